The monoisotopic (exact) mass is 367 g/mol. The number of hydrogen-bond acceptors (Lipinski definition) is 6. The van der Waals surface area contributed by atoms with Gasteiger partial charge in [-0.25, -0.2) is 0 Å². The van der Waals surface area contributed by atoms with E-state index in [1.165, 1.54) is 25.4 Å². The highest BCUT2D eigenvalue weighted by atomic mass is 16.6. The summed E-state index contributed by atoms with van der Waals surface area (Å²) in [7, 11) is 1.40. The molecular formula is C19H17N3O5. The van der Waals surface area contributed by atoms with Crippen molar-refractivity contribution in [1.82, 2.24) is 4.98 Å². The van der Waals surface area contributed by atoms with Crippen LogP contribution in [-0.2, 0) is 0 Å². The molecule has 0 spiro atoms. The molecule has 3 rings (SSSR count). The van der Waals surface area contributed by atoms with Crippen LogP contribution in [0, 0.1) is 10.1 Å². The molecule has 0 saturated carbocycles. The van der Waals surface area contributed by atoms with Gasteiger partial charge in [-0.05, 0) is 19.1 Å². The largest absolute Gasteiger partial charge is 0.493 e. The number of benzene rings is 2. The van der Waals surface area contributed by atoms with E-state index in [4.69, 9.17) is 9.47 Å². The summed E-state index contributed by atoms with van der Waals surface area (Å²) in [5.41, 5.74) is 0.712. The molecule has 0 aliphatic carbocycles. The molecule has 138 valence electrons. The van der Waals surface area contributed by atoms with Crippen LogP contribution >= 0.6 is 0 Å². The molecule has 1 amide bonds. The zero-order valence-electron chi connectivity index (χ0n) is 14.8. The predicted octanol–water partition coefficient (Wildman–Crippen LogP) is 3.80. The summed E-state index contributed by atoms with van der Waals surface area (Å²) >= 11 is 0. The van der Waals surface area contributed by atoms with Gasteiger partial charge in [-0.1, -0.05) is 18.2 Å². The Hall–Kier alpha value is -3.68. The molecule has 1 heterocycles. The maximum Gasteiger partial charge on any atom is 0.286 e. The fourth-order valence-corrected chi connectivity index (χ4v) is 2.65. The summed E-state index contributed by atoms with van der Waals surface area (Å²) in [6, 6.07) is 11.7. The molecule has 3 aromatic rings. The summed E-state index contributed by atoms with van der Waals surface area (Å²) in [4.78, 5) is 27.7. The van der Waals surface area contributed by atoms with E-state index >= 15 is 0 Å². The highest BCUT2D eigenvalue weighted by molar-refractivity contribution is 6.08. The highest BCUT2D eigenvalue weighted by Gasteiger charge is 2.25. The molecule has 8 nitrogen and oxygen atoms in total. The Morgan fingerprint density at radius 3 is 2.70 bits per heavy atom. The molecule has 0 radical (unpaired) electrons. The number of nitrogens with one attached hydrogen (secondary N) is 1. The van der Waals surface area contributed by atoms with Crippen LogP contribution < -0.4 is 14.8 Å². The van der Waals surface area contributed by atoms with Gasteiger partial charge in [-0.15, -0.1) is 0 Å². The number of ether oxygens (including phenoxy) is 2. The Bertz CT molecular complexity index is 1020. The van der Waals surface area contributed by atoms with Crippen molar-refractivity contribution in [2.75, 3.05) is 19.0 Å². The number of carbonyl (C=O) groups excluding carboxylic acids is 1. The van der Waals surface area contributed by atoms with Gasteiger partial charge in [0, 0.05) is 11.5 Å². The number of para-hydroxylation sites is 1. The molecule has 0 atom stereocenters. The van der Waals surface area contributed by atoms with Crippen LogP contribution in [0.25, 0.3) is 10.9 Å². The lowest BCUT2D eigenvalue weighted by Gasteiger charge is -2.12. The first-order chi connectivity index (χ1) is 13.0. The molecule has 0 fully saturated rings. The number of anilines is 1. The van der Waals surface area contributed by atoms with Crippen LogP contribution in [0.15, 0.2) is 48.7 Å². The maximum absolute atomic E-state index is 12.7. The third kappa shape index (κ3) is 3.79. The predicted molar refractivity (Wildman–Crippen MR) is 101 cm³/mol. The minimum absolute atomic E-state index is 0.131. The minimum atomic E-state index is -0.639. The number of carbonyl (C=O) groups is 1. The number of rotatable bonds is 6. The standard InChI is InChI=1S/C19H17N3O5/c1-3-27-18-10-16(22(24)25)14(9-17(18)26-2)19(23)21-13-8-12-6-4-5-7-15(12)20-11-13/h4-11H,3H2,1-2H3,(H,21,23). The topological polar surface area (TPSA) is 104 Å². The van der Waals surface area contributed by atoms with Crippen LogP contribution in [0.5, 0.6) is 11.5 Å². The number of nitro benzene ring substituents is 1. The van der Waals surface area contributed by atoms with E-state index in [0.29, 0.717) is 12.3 Å². The van der Waals surface area contributed by atoms with Gasteiger partial charge in [-0.2, -0.15) is 0 Å². The maximum atomic E-state index is 12.7. The first-order valence-corrected chi connectivity index (χ1v) is 8.19. The number of nitrogens with zero attached hydrogens (tertiary/aromatic N) is 2. The molecule has 1 aromatic heterocycles. The number of amides is 1. The molecule has 0 bridgehead atoms. The van der Waals surface area contributed by atoms with Crippen molar-refractivity contribution in [2.24, 2.45) is 0 Å². The van der Waals surface area contributed by atoms with Gasteiger partial charge in [0.1, 0.15) is 5.56 Å². The molecule has 8 heteroatoms. The molecule has 0 saturated heterocycles. The first kappa shape index (κ1) is 18.1. The third-order valence-corrected chi connectivity index (χ3v) is 3.87. The SMILES string of the molecule is CCOc1cc([N+](=O)[O-])c(C(=O)Nc2cnc3ccccc3c2)cc1OC. The Kier molecular flexibility index (Phi) is 5.16. The van der Waals surface area contributed by atoms with Gasteiger partial charge in [0.2, 0.25) is 0 Å². The summed E-state index contributed by atoms with van der Waals surface area (Å²) in [5.74, 6) is -0.194. The van der Waals surface area contributed by atoms with E-state index in [-0.39, 0.29) is 22.7 Å². The third-order valence-electron chi connectivity index (χ3n) is 3.87. The van der Waals surface area contributed by atoms with E-state index in [2.05, 4.69) is 10.3 Å². The molecule has 0 aliphatic rings. The molecular weight excluding hydrogens is 350 g/mol. The number of pyridine rings is 1. The summed E-state index contributed by atoms with van der Waals surface area (Å²) in [6.07, 6.45) is 1.50. The van der Waals surface area contributed by atoms with Gasteiger partial charge >= 0.3 is 0 Å². The second-order valence-electron chi connectivity index (χ2n) is 5.58. The van der Waals surface area contributed by atoms with Gasteiger partial charge in [-0.3, -0.25) is 19.9 Å². The molecule has 0 unspecified atom stereocenters. The van der Waals surface area contributed by atoms with E-state index < -0.39 is 10.8 Å². The number of aromatic nitrogens is 1. The van der Waals surface area contributed by atoms with Crippen LogP contribution in [0.1, 0.15) is 17.3 Å². The van der Waals surface area contributed by atoms with E-state index in [0.717, 1.165) is 10.9 Å². The molecule has 2 aromatic carbocycles. The lowest BCUT2D eigenvalue weighted by atomic mass is 10.1. The van der Waals surface area contributed by atoms with Crippen LogP contribution in [0.3, 0.4) is 0 Å². The van der Waals surface area contributed by atoms with E-state index in [1.54, 1.807) is 13.0 Å². The lowest BCUT2D eigenvalue weighted by Crippen LogP contribution is -2.14. The lowest BCUT2D eigenvalue weighted by molar-refractivity contribution is -0.385. The van der Waals surface area contributed by atoms with Gasteiger partial charge in [0.15, 0.2) is 11.5 Å². The molecule has 0 aliphatic heterocycles. The zero-order valence-corrected chi connectivity index (χ0v) is 14.8. The van der Waals surface area contributed by atoms with E-state index in [9.17, 15) is 14.9 Å². The van der Waals surface area contributed by atoms with Crippen molar-refractivity contribution in [3.05, 3.63) is 64.3 Å². The van der Waals surface area contributed by atoms with Crippen molar-refractivity contribution < 1.29 is 19.2 Å². The van der Waals surface area contributed by atoms with Crippen molar-refractivity contribution in [1.29, 1.82) is 0 Å². The molecule has 1 N–H and O–H groups in total. The smallest absolute Gasteiger partial charge is 0.286 e. The Balaban J connectivity index is 1.97. The van der Waals surface area contributed by atoms with Gasteiger partial charge in [0.25, 0.3) is 11.6 Å². The second-order valence-corrected chi connectivity index (χ2v) is 5.58. The summed E-state index contributed by atoms with van der Waals surface area (Å²) in [5, 5.41) is 14.9. The fraction of sp³-hybridized carbons (Fsp3) is 0.158. The Morgan fingerprint density at radius 1 is 1.22 bits per heavy atom. The van der Waals surface area contributed by atoms with Crippen molar-refractivity contribution in [3.63, 3.8) is 0 Å². The van der Waals surface area contributed by atoms with Gasteiger partial charge in [0.05, 0.1) is 42.1 Å². The average molecular weight is 367 g/mol. The fourth-order valence-electron chi connectivity index (χ4n) is 2.65. The normalized spacial score (nSPS) is 10.4. The van der Waals surface area contributed by atoms with Crippen LogP contribution in [0.4, 0.5) is 11.4 Å². The highest BCUT2D eigenvalue weighted by Crippen LogP contribution is 2.35. The summed E-state index contributed by atoms with van der Waals surface area (Å²) < 4.78 is 10.5. The number of hydrogen-bond donors (Lipinski definition) is 1. The van der Waals surface area contributed by atoms with Crippen LogP contribution in [0.2, 0.25) is 0 Å². The quantitative estimate of drug-likeness (QED) is 0.525. The number of fused-ring (bicyclic) bond motifs is 1. The number of methoxy groups -OCH3 is 1. The van der Waals surface area contributed by atoms with Gasteiger partial charge < -0.3 is 14.8 Å². The van der Waals surface area contributed by atoms with Crippen LogP contribution in [-0.4, -0.2) is 29.5 Å². The average Bonchev–Trinajstić information content (AvgIpc) is 2.67. The molecule has 27 heavy (non-hydrogen) atoms. The minimum Gasteiger partial charge on any atom is -0.493 e. The Morgan fingerprint density at radius 2 is 2.00 bits per heavy atom. The summed E-state index contributed by atoms with van der Waals surface area (Å²) in [6.45, 7) is 2.06. The van der Waals surface area contributed by atoms with Crippen molar-refractivity contribution in [3.8, 4) is 11.5 Å². The first-order valence-electron chi connectivity index (χ1n) is 8.19. The van der Waals surface area contributed by atoms with E-state index in [1.807, 2.05) is 24.3 Å². The second kappa shape index (κ2) is 7.69. The zero-order chi connectivity index (χ0) is 19.4. The van der Waals surface area contributed by atoms with Crippen molar-refractivity contribution >= 4 is 28.2 Å². The Labute approximate surface area is 154 Å². The van der Waals surface area contributed by atoms with Crippen molar-refractivity contribution in [2.45, 2.75) is 6.92 Å². The number of nitro groups is 1.